The number of aliphatic carboxylic acids is 1. The van der Waals surface area contributed by atoms with Gasteiger partial charge in [0.2, 0.25) is 0 Å². The van der Waals surface area contributed by atoms with Gasteiger partial charge < -0.3 is 20.0 Å². The molecule has 7 heteroatoms. The Balaban J connectivity index is 1.44. The standard InChI is InChI=1S/C21H18N2O4S/c24-20(25)19(9-13-11-28-12-22-13)23-21(26)27-10-18-16-7-3-1-5-14(16)15-6-2-4-8-17(15)18/h1-8,11-12,18-19H,9-10H2,(H,23,26)(H,24,25)/p-1/t19-/m0/s1. The molecular formula is C21H17N2O4S-. The molecule has 0 radical (unpaired) electrons. The molecule has 0 fully saturated rings. The van der Waals surface area contributed by atoms with Crippen LogP contribution in [0.5, 0.6) is 0 Å². The smallest absolute Gasteiger partial charge is 0.407 e. The van der Waals surface area contributed by atoms with E-state index in [0.717, 1.165) is 22.3 Å². The van der Waals surface area contributed by atoms with Crippen molar-refractivity contribution in [3.63, 3.8) is 0 Å². The van der Waals surface area contributed by atoms with Crippen LogP contribution in [0.15, 0.2) is 59.4 Å². The number of carbonyl (C=O) groups excluding carboxylic acids is 2. The molecule has 4 rings (SSSR count). The van der Waals surface area contributed by atoms with E-state index in [4.69, 9.17) is 4.74 Å². The first kappa shape index (κ1) is 18.2. The molecule has 1 amide bonds. The largest absolute Gasteiger partial charge is 0.548 e. The summed E-state index contributed by atoms with van der Waals surface area (Å²) in [6.07, 6.45) is -0.734. The lowest BCUT2D eigenvalue weighted by Gasteiger charge is -2.20. The van der Waals surface area contributed by atoms with Gasteiger partial charge in [-0.15, -0.1) is 11.3 Å². The summed E-state index contributed by atoms with van der Waals surface area (Å²) >= 11 is 1.36. The molecule has 0 saturated heterocycles. The van der Waals surface area contributed by atoms with E-state index < -0.39 is 18.1 Å². The van der Waals surface area contributed by atoms with Crippen LogP contribution < -0.4 is 10.4 Å². The van der Waals surface area contributed by atoms with Gasteiger partial charge in [0.25, 0.3) is 0 Å². The molecule has 1 aliphatic rings. The summed E-state index contributed by atoms with van der Waals surface area (Å²) in [5.74, 6) is -1.46. The van der Waals surface area contributed by atoms with E-state index in [9.17, 15) is 14.7 Å². The molecule has 1 aliphatic carbocycles. The second kappa shape index (κ2) is 7.82. The zero-order valence-electron chi connectivity index (χ0n) is 14.8. The van der Waals surface area contributed by atoms with Crippen molar-refractivity contribution in [2.45, 2.75) is 18.4 Å². The Labute approximate surface area is 165 Å². The zero-order valence-corrected chi connectivity index (χ0v) is 15.6. The summed E-state index contributed by atoms with van der Waals surface area (Å²) in [6, 6.07) is 14.8. The van der Waals surface area contributed by atoms with E-state index in [-0.39, 0.29) is 18.9 Å². The number of aromatic nitrogens is 1. The predicted molar refractivity (Wildman–Crippen MR) is 103 cm³/mol. The lowest BCUT2D eigenvalue weighted by molar-refractivity contribution is -0.308. The van der Waals surface area contributed by atoms with Gasteiger partial charge in [-0.3, -0.25) is 0 Å². The Kier molecular flexibility index (Phi) is 5.08. The molecular weight excluding hydrogens is 376 g/mol. The summed E-state index contributed by atoms with van der Waals surface area (Å²) in [6.45, 7) is 0.121. The molecule has 1 N–H and O–H groups in total. The third kappa shape index (κ3) is 3.61. The maximum Gasteiger partial charge on any atom is 0.407 e. The molecule has 2 aromatic carbocycles. The number of carboxylic acids is 1. The van der Waals surface area contributed by atoms with Crippen molar-refractivity contribution in [2.24, 2.45) is 0 Å². The van der Waals surface area contributed by atoms with Gasteiger partial charge in [-0.2, -0.15) is 0 Å². The van der Waals surface area contributed by atoms with Crippen molar-refractivity contribution < 1.29 is 19.4 Å². The number of nitrogens with one attached hydrogen (secondary N) is 1. The first-order chi connectivity index (χ1) is 13.6. The van der Waals surface area contributed by atoms with E-state index in [1.165, 1.54) is 11.3 Å². The number of benzene rings is 2. The van der Waals surface area contributed by atoms with Gasteiger partial charge in [-0.05, 0) is 22.3 Å². The van der Waals surface area contributed by atoms with Crippen LogP contribution in [0.25, 0.3) is 11.1 Å². The van der Waals surface area contributed by atoms with Gasteiger partial charge in [0.15, 0.2) is 0 Å². The van der Waals surface area contributed by atoms with Crippen LogP contribution in [0.3, 0.4) is 0 Å². The van der Waals surface area contributed by atoms with E-state index in [0.29, 0.717) is 5.69 Å². The van der Waals surface area contributed by atoms with Crippen molar-refractivity contribution in [1.29, 1.82) is 0 Å². The van der Waals surface area contributed by atoms with Crippen LogP contribution in [0.2, 0.25) is 0 Å². The van der Waals surface area contributed by atoms with Crippen molar-refractivity contribution in [1.82, 2.24) is 10.3 Å². The molecule has 3 aromatic rings. The molecule has 0 aliphatic heterocycles. The normalized spacial score (nSPS) is 13.4. The minimum atomic E-state index is -1.37. The van der Waals surface area contributed by atoms with Gasteiger partial charge in [0.1, 0.15) is 6.61 Å². The highest BCUT2D eigenvalue weighted by molar-refractivity contribution is 7.07. The summed E-state index contributed by atoms with van der Waals surface area (Å²) < 4.78 is 5.38. The molecule has 0 spiro atoms. The third-order valence-electron chi connectivity index (χ3n) is 4.82. The van der Waals surface area contributed by atoms with Crippen molar-refractivity contribution in [3.05, 3.63) is 76.2 Å². The van der Waals surface area contributed by atoms with E-state index in [1.807, 2.05) is 48.5 Å². The average molecular weight is 393 g/mol. The van der Waals surface area contributed by atoms with E-state index in [2.05, 4.69) is 10.3 Å². The second-order valence-electron chi connectivity index (χ2n) is 6.53. The first-order valence-corrected chi connectivity index (χ1v) is 9.77. The number of thiazole rings is 1. The highest BCUT2D eigenvalue weighted by Gasteiger charge is 2.29. The van der Waals surface area contributed by atoms with Crippen molar-refractivity contribution in [3.8, 4) is 11.1 Å². The Morgan fingerprint density at radius 2 is 1.75 bits per heavy atom. The summed E-state index contributed by atoms with van der Waals surface area (Å²) in [5.41, 5.74) is 6.63. The fourth-order valence-electron chi connectivity index (χ4n) is 3.52. The zero-order chi connectivity index (χ0) is 19.5. The Hall–Kier alpha value is -3.19. The van der Waals surface area contributed by atoms with Crippen LogP contribution in [0, 0.1) is 0 Å². The number of amides is 1. The Morgan fingerprint density at radius 3 is 2.32 bits per heavy atom. The van der Waals surface area contributed by atoms with Crippen LogP contribution in [-0.4, -0.2) is 29.7 Å². The summed E-state index contributed by atoms with van der Waals surface area (Å²) in [4.78, 5) is 27.6. The van der Waals surface area contributed by atoms with Crippen molar-refractivity contribution >= 4 is 23.4 Å². The van der Waals surface area contributed by atoms with Gasteiger partial charge in [-0.1, -0.05) is 48.5 Å². The van der Waals surface area contributed by atoms with Gasteiger partial charge in [-0.25, -0.2) is 9.78 Å². The lowest BCUT2D eigenvalue weighted by Crippen LogP contribution is -2.49. The van der Waals surface area contributed by atoms with Crippen LogP contribution in [0.1, 0.15) is 22.7 Å². The van der Waals surface area contributed by atoms with Crippen LogP contribution in [0.4, 0.5) is 4.79 Å². The highest BCUT2D eigenvalue weighted by atomic mass is 32.1. The first-order valence-electron chi connectivity index (χ1n) is 8.83. The molecule has 28 heavy (non-hydrogen) atoms. The molecule has 0 saturated carbocycles. The number of ether oxygens (including phenoxy) is 1. The fourth-order valence-corrected chi connectivity index (χ4v) is 4.09. The SMILES string of the molecule is O=C(N[C@@H](Cc1cscn1)C(=O)[O-])OCC1c2ccccc2-c2ccccc21. The highest BCUT2D eigenvalue weighted by Crippen LogP contribution is 2.44. The minimum absolute atomic E-state index is 0.0516. The monoisotopic (exact) mass is 393 g/mol. The molecule has 1 aromatic heterocycles. The maximum atomic E-state index is 12.2. The molecule has 142 valence electrons. The third-order valence-corrected chi connectivity index (χ3v) is 5.45. The number of hydrogen-bond donors (Lipinski definition) is 1. The number of carboxylic acid groups (broad SMARTS) is 1. The number of nitrogens with zero attached hydrogens (tertiary/aromatic N) is 1. The quantitative estimate of drug-likeness (QED) is 0.694. The number of fused-ring (bicyclic) bond motifs is 3. The van der Waals surface area contributed by atoms with Crippen LogP contribution >= 0.6 is 11.3 Å². The van der Waals surface area contributed by atoms with Gasteiger partial charge in [0, 0.05) is 17.7 Å². The average Bonchev–Trinajstić information content (AvgIpc) is 3.32. The fraction of sp³-hybridized carbons (Fsp3) is 0.190. The number of rotatable bonds is 6. The Morgan fingerprint density at radius 1 is 1.11 bits per heavy atom. The molecule has 1 heterocycles. The molecule has 1 atom stereocenters. The second-order valence-corrected chi connectivity index (χ2v) is 7.24. The molecule has 0 unspecified atom stereocenters. The molecule has 6 nitrogen and oxygen atoms in total. The number of carbonyl (C=O) groups is 2. The van der Waals surface area contributed by atoms with Crippen LogP contribution in [-0.2, 0) is 16.0 Å². The van der Waals surface area contributed by atoms with Crippen molar-refractivity contribution in [2.75, 3.05) is 6.61 Å². The van der Waals surface area contributed by atoms with Gasteiger partial charge >= 0.3 is 6.09 Å². The topological polar surface area (TPSA) is 91.4 Å². The molecule has 0 bridgehead atoms. The predicted octanol–water partition coefficient (Wildman–Crippen LogP) is 2.34. The minimum Gasteiger partial charge on any atom is -0.548 e. The summed E-state index contributed by atoms with van der Waals surface area (Å²) in [5, 5.41) is 15.4. The van der Waals surface area contributed by atoms with E-state index >= 15 is 0 Å². The number of alkyl carbamates (subject to hydrolysis) is 1. The van der Waals surface area contributed by atoms with E-state index in [1.54, 1.807) is 10.9 Å². The summed E-state index contributed by atoms with van der Waals surface area (Å²) in [7, 11) is 0. The van der Waals surface area contributed by atoms with Gasteiger partial charge in [0.05, 0.1) is 23.2 Å². The maximum absolute atomic E-state index is 12.2. The number of hydrogen-bond acceptors (Lipinski definition) is 6. The lowest BCUT2D eigenvalue weighted by atomic mass is 9.98. The Bertz CT molecular complexity index is 958.